The lowest BCUT2D eigenvalue weighted by atomic mass is 9.99. The molecule has 0 unspecified atom stereocenters. The summed E-state index contributed by atoms with van der Waals surface area (Å²) in [6.45, 7) is 2.17. The van der Waals surface area contributed by atoms with Crippen LogP contribution in [0.2, 0.25) is 0 Å². The number of carbonyl (C=O) groups is 2. The number of amides is 2. The third kappa shape index (κ3) is 6.00. The van der Waals surface area contributed by atoms with Crippen LogP contribution in [-0.4, -0.2) is 29.8 Å². The fourth-order valence-corrected chi connectivity index (χ4v) is 4.08. The molecule has 1 aliphatic rings. The quantitative estimate of drug-likeness (QED) is 0.232. The van der Waals surface area contributed by atoms with Gasteiger partial charge in [0.1, 0.15) is 0 Å². The summed E-state index contributed by atoms with van der Waals surface area (Å²) in [5.74, 6) is -2.86. The van der Waals surface area contributed by atoms with Crippen molar-refractivity contribution in [2.24, 2.45) is 0 Å². The monoisotopic (exact) mass is 476 g/mol. The average molecular weight is 477 g/mol. The van der Waals surface area contributed by atoms with Crippen LogP contribution in [0.3, 0.4) is 0 Å². The molecule has 0 bridgehead atoms. The Bertz CT molecular complexity index is 1250. The number of benzene rings is 3. The number of carbonyl (C=O) groups excluding carboxylic acids is 2. The highest BCUT2D eigenvalue weighted by atomic mass is 19.1. The Morgan fingerprint density at radius 3 is 2.49 bits per heavy atom. The zero-order valence-corrected chi connectivity index (χ0v) is 19.0. The lowest BCUT2D eigenvalue weighted by molar-refractivity contribution is -0.387. The van der Waals surface area contributed by atoms with Gasteiger partial charge in [0.15, 0.2) is 0 Å². The van der Waals surface area contributed by atoms with Gasteiger partial charge in [0, 0.05) is 37.1 Å². The van der Waals surface area contributed by atoms with Crippen LogP contribution in [0.5, 0.6) is 0 Å². The summed E-state index contributed by atoms with van der Waals surface area (Å²) in [6, 6.07) is 19.8. The Balaban J connectivity index is 1.21. The summed E-state index contributed by atoms with van der Waals surface area (Å²) in [5, 5.41) is 15.6. The van der Waals surface area contributed by atoms with Crippen LogP contribution in [0.25, 0.3) is 0 Å². The number of nitrogens with zero attached hydrogens (tertiary/aromatic N) is 2. The lowest BCUT2D eigenvalue weighted by Crippen LogP contribution is -2.36. The molecule has 0 aliphatic carbocycles. The molecule has 0 spiro atoms. The van der Waals surface area contributed by atoms with E-state index in [0.29, 0.717) is 13.0 Å². The van der Waals surface area contributed by atoms with Gasteiger partial charge in [0.25, 0.3) is 0 Å². The van der Waals surface area contributed by atoms with Gasteiger partial charge in [-0.2, -0.15) is 4.39 Å². The first-order valence-electron chi connectivity index (χ1n) is 11.3. The summed E-state index contributed by atoms with van der Waals surface area (Å²) >= 11 is 0. The highest BCUT2D eigenvalue weighted by molar-refractivity contribution is 6.39. The van der Waals surface area contributed by atoms with Crippen LogP contribution < -0.4 is 15.5 Å². The molecule has 3 aromatic carbocycles. The second-order valence-corrected chi connectivity index (χ2v) is 8.34. The van der Waals surface area contributed by atoms with Crippen LogP contribution in [0.15, 0.2) is 66.7 Å². The maximum absolute atomic E-state index is 13.4. The van der Waals surface area contributed by atoms with Crippen molar-refractivity contribution in [1.29, 1.82) is 0 Å². The Morgan fingerprint density at radius 2 is 1.74 bits per heavy atom. The number of hydrogen-bond acceptors (Lipinski definition) is 5. The Labute approximate surface area is 201 Å². The van der Waals surface area contributed by atoms with E-state index in [4.69, 9.17) is 0 Å². The van der Waals surface area contributed by atoms with Gasteiger partial charge in [-0.3, -0.25) is 19.7 Å². The topological polar surface area (TPSA) is 105 Å². The molecule has 180 valence electrons. The molecule has 1 heterocycles. The number of anilines is 2. The van der Waals surface area contributed by atoms with E-state index < -0.39 is 28.2 Å². The van der Waals surface area contributed by atoms with Crippen molar-refractivity contribution in [3.05, 3.63) is 99.4 Å². The van der Waals surface area contributed by atoms with Crippen molar-refractivity contribution in [1.82, 2.24) is 5.32 Å². The van der Waals surface area contributed by atoms with Gasteiger partial charge in [0.05, 0.1) is 4.92 Å². The molecule has 0 fully saturated rings. The Morgan fingerprint density at radius 1 is 1.00 bits per heavy atom. The molecular weight excluding hydrogens is 451 g/mol. The summed E-state index contributed by atoms with van der Waals surface area (Å²) in [6.07, 6.45) is 2.40. The molecule has 0 saturated carbocycles. The van der Waals surface area contributed by atoms with Crippen LogP contribution in [0.4, 0.5) is 21.5 Å². The van der Waals surface area contributed by atoms with Crippen LogP contribution in [-0.2, 0) is 29.0 Å². The van der Waals surface area contributed by atoms with E-state index >= 15 is 0 Å². The normalized spacial score (nSPS) is 12.5. The maximum atomic E-state index is 13.4. The second kappa shape index (κ2) is 10.8. The number of aryl methyl sites for hydroxylation is 1. The van der Waals surface area contributed by atoms with Crippen LogP contribution in [0.1, 0.15) is 23.1 Å². The van der Waals surface area contributed by atoms with Gasteiger partial charge in [-0.05, 0) is 60.2 Å². The summed E-state index contributed by atoms with van der Waals surface area (Å²) in [7, 11) is 0. The zero-order valence-electron chi connectivity index (χ0n) is 19.0. The van der Waals surface area contributed by atoms with E-state index in [1.54, 1.807) is 0 Å². The predicted octanol–water partition coefficient (Wildman–Crippen LogP) is 3.98. The van der Waals surface area contributed by atoms with Gasteiger partial charge >= 0.3 is 17.5 Å². The minimum Gasteiger partial charge on any atom is -0.367 e. The minimum atomic E-state index is -1.02. The van der Waals surface area contributed by atoms with Crippen molar-refractivity contribution < 1.29 is 18.9 Å². The van der Waals surface area contributed by atoms with Gasteiger partial charge < -0.3 is 15.5 Å². The molecule has 0 saturated heterocycles. The van der Waals surface area contributed by atoms with E-state index in [1.165, 1.54) is 16.8 Å². The van der Waals surface area contributed by atoms with E-state index in [9.17, 15) is 24.1 Å². The fraction of sp³-hybridized carbons (Fsp3) is 0.231. The Kier molecular flexibility index (Phi) is 7.35. The predicted molar refractivity (Wildman–Crippen MR) is 131 cm³/mol. The largest absolute Gasteiger partial charge is 0.367 e. The summed E-state index contributed by atoms with van der Waals surface area (Å²) < 4.78 is 13.4. The molecule has 4 rings (SSSR count). The maximum Gasteiger partial charge on any atom is 0.313 e. The molecule has 35 heavy (non-hydrogen) atoms. The number of halogens is 1. The van der Waals surface area contributed by atoms with E-state index in [0.717, 1.165) is 49.7 Å². The lowest BCUT2D eigenvalue weighted by Gasteiger charge is -2.30. The van der Waals surface area contributed by atoms with E-state index in [1.807, 2.05) is 0 Å². The van der Waals surface area contributed by atoms with Crippen molar-refractivity contribution in [3.63, 3.8) is 0 Å². The van der Waals surface area contributed by atoms with Crippen LogP contribution >= 0.6 is 0 Å². The van der Waals surface area contributed by atoms with Gasteiger partial charge in [-0.1, -0.05) is 36.4 Å². The van der Waals surface area contributed by atoms with E-state index in [-0.39, 0.29) is 5.69 Å². The first-order valence-corrected chi connectivity index (χ1v) is 11.3. The van der Waals surface area contributed by atoms with Gasteiger partial charge in [-0.25, -0.2) is 0 Å². The van der Waals surface area contributed by atoms with Gasteiger partial charge in [0.2, 0.25) is 5.82 Å². The van der Waals surface area contributed by atoms with Crippen LogP contribution in [0, 0.1) is 15.9 Å². The summed E-state index contributed by atoms with van der Waals surface area (Å²) in [5.41, 5.74) is 4.27. The molecular formula is C26H25FN4O4. The highest BCUT2D eigenvalue weighted by Gasteiger charge is 2.18. The number of nitrogens with one attached hydrogen (secondary N) is 2. The van der Waals surface area contributed by atoms with Crippen molar-refractivity contribution in [2.75, 3.05) is 23.3 Å². The molecule has 2 N–H and O–H groups in total. The fourth-order valence-electron chi connectivity index (χ4n) is 4.08. The number of nitro groups is 1. The smallest absolute Gasteiger partial charge is 0.313 e. The van der Waals surface area contributed by atoms with E-state index in [2.05, 4.69) is 64.1 Å². The highest BCUT2D eigenvalue weighted by Crippen LogP contribution is 2.25. The standard InChI is InChI=1S/C26H25FN4O4/c27-23-12-9-21(16-24(23)31(34)35)29-26(33)25(32)28-14-3-4-18-7-10-22(11-8-18)30-15-13-19-5-1-2-6-20(19)17-30/h1-2,5-12,16H,3-4,13-15,17H2,(H,28,32)(H,29,33). The molecule has 8 nitrogen and oxygen atoms in total. The molecule has 0 radical (unpaired) electrons. The minimum absolute atomic E-state index is 0.0319. The molecule has 9 heteroatoms. The SMILES string of the molecule is O=C(NCCCc1ccc(N2CCc3ccccc3C2)cc1)C(=O)Nc1ccc(F)c([N+](=O)[O-])c1. The average Bonchev–Trinajstić information content (AvgIpc) is 2.87. The second-order valence-electron chi connectivity index (χ2n) is 8.34. The molecule has 0 atom stereocenters. The molecule has 2 amide bonds. The zero-order chi connectivity index (χ0) is 24.8. The third-order valence-electron chi connectivity index (χ3n) is 5.97. The molecule has 1 aliphatic heterocycles. The van der Waals surface area contributed by atoms with Crippen molar-refractivity contribution in [3.8, 4) is 0 Å². The molecule has 0 aromatic heterocycles. The number of fused-ring (bicyclic) bond motifs is 1. The number of nitro benzene ring substituents is 1. The van der Waals surface area contributed by atoms with Crippen molar-refractivity contribution in [2.45, 2.75) is 25.8 Å². The van der Waals surface area contributed by atoms with Gasteiger partial charge in [-0.15, -0.1) is 0 Å². The first kappa shape index (κ1) is 23.9. The molecule has 3 aromatic rings. The Hall–Kier alpha value is -4.27. The summed E-state index contributed by atoms with van der Waals surface area (Å²) in [4.78, 5) is 36.3. The number of hydrogen-bond donors (Lipinski definition) is 2. The third-order valence-corrected chi connectivity index (χ3v) is 5.97. The number of rotatable bonds is 7. The van der Waals surface area contributed by atoms with Crippen molar-refractivity contribution >= 4 is 28.9 Å². The first-order chi connectivity index (χ1) is 16.9.